The number of ether oxygens (including phenoxy) is 1. The number of methoxy groups -OCH3 is 1. The van der Waals surface area contributed by atoms with Crippen LogP contribution in [-0.2, 0) is 0 Å². The fraction of sp³-hybridized carbons (Fsp3) is 0.273. The van der Waals surface area contributed by atoms with Gasteiger partial charge in [-0.15, -0.1) is 0 Å². The Labute approximate surface area is 165 Å². The highest BCUT2D eigenvalue weighted by molar-refractivity contribution is 5.58. The summed E-state index contributed by atoms with van der Waals surface area (Å²) in [4.78, 5) is 13.8. The van der Waals surface area contributed by atoms with Crippen LogP contribution in [0.15, 0.2) is 60.8 Å². The van der Waals surface area contributed by atoms with E-state index in [1.54, 1.807) is 7.11 Å². The zero-order chi connectivity index (χ0) is 19.3. The smallest absolute Gasteiger partial charge is 0.227 e. The van der Waals surface area contributed by atoms with E-state index >= 15 is 0 Å². The lowest BCUT2D eigenvalue weighted by atomic mass is 10.2. The molecule has 1 fully saturated rings. The summed E-state index contributed by atoms with van der Waals surface area (Å²) in [5.41, 5.74) is 3.47. The van der Waals surface area contributed by atoms with Gasteiger partial charge >= 0.3 is 0 Å². The zero-order valence-electron chi connectivity index (χ0n) is 16.3. The summed E-state index contributed by atoms with van der Waals surface area (Å²) in [5.74, 6) is 2.47. The second kappa shape index (κ2) is 8.17. The average Bonchev–Trinajstić information content (AvgIpc) is 2.74. The number of benzene rings is 2. The van der Waals surface area contributed by atoms with E-state index in [1.807, 2.05) is 36.5 Å². The highest BCUT2D eigenvalue weighted by Crippen LogP contribution is 2.22. The number of aromatic nitrogens is 2. The first-order valence-electron chi connectivity index (χ1n) is 9.52. The average molecular weight is 375 g/mol. The molecule has 1 aliphatic heterocycles. The summed E-state index contributed by atoms with van der Waals surface area (Å²) in [6.45, 7) is 5.73. The Kier molecular flexibility index (Phi) is 5.28. The van der Waals surface area contributed by atoms with Gasteiger partial charge in [-0.2, -0.15) is 4.98 Å². The Balaban J connectivity index is 1.40. The molecule has 0 radical (unpaired) electrons. The van der Waals surface area contributed by atoms with Crippen LogP contribution in [-0.4, -0.2) is 43.3 Å². The molecule has 0 saturated carbocycles. The zero-order valence-corrected chi connectivity index (χ0v) is 16.3. The van der Waals surface area contributed by atoms with Crippen LogP contribution in [0.2, 0.25) is 0 Å². The third kappa shape index (κ3) is 4.17. The quantitative estimate of drug-likeness (QED) is 0.731. The predicted octanol–water partition coefficient (Wildman–Crippen LogP) is 3.86. The topological polar surface area (TPSA) is 53.5 Å². The SMILES string of the molecule is COc1ccc(N2CCN(c3nccc(Nc4cccc(C)c4)n3)CC2)cc1. The molecule has 2 aromatic carbocycles. The molecule has 0 unspecified atom stereocenters. The predicted molar refractivity (Wildman–Crippen MR) is 114 cm³/mol. The van der Waals surface area contributed by atoms with Crippen molar-refractivity contribution in [2.75, 3.05) is 48.4 Å². The molecular formula is C22H25N5O. The number of nitrogens with one attached hydrogen (secondary N) is 1. The first kappa shape index (κ1) is 18.1. The first-order chi connectivity index (χ1) is 13.7. The lowest BCUT2D eigenvalue weighted by molar-refractivity contribution is 0.415. The molecule has 0 atom stereocenters. The van der Waals surface area contributed by atoms with Crippen molar-refractivity contribution in [1.82, 2.24) is 9.97 Å². The van der Waals surface area contributed by atoms with Crippen molar-refractivity contribution in [3.05, 3.63) is 66.4 Å². The van der Waals surface area contributed by atoms with Crippen LogP contribution in [0.3, 0.4) is 0 Å². The monoisotopic (exact) mass is 375 g/mol. The van der Waals surface area contributed by atoms with Crippen LogP contribution >= 0.6 is 0 Å². The lowest BCUT2D eigenvalue weighted by Crippen LogP contribution is -2.47. The van der Waals surface area contributed by atoms with Crippen molar-refractivity contribution in [3.8, 4) is 5.75 Å². The van der Waals surface area contributed by atoms with Crippen molar-refractivity contribution in [3.63, 3.8) is 0 Å². The van der Waals surface area contributed by atoms with Gasteiger partial charge in [0.25, 0.3) is 0 Å². The molecule has 28 heavy (non-hydrogen) atoms. The molecule has 1 saturated heterocycles. The minimum absolute atomic E-state index is 0.770. The lowest BCUT2D eigenvalue weighted by Gasteiger charge is -2.36. The van der Waals surface area contributed by atoms with Crippen molar-refractivity contribution < 1.29 is 4.74 Å². The minimum Gasteiger partial charge on any atom is -0.497 e. The highest BCUT2D eigenvalue weighted by atomic mass is 16.5. The van der Waals surface area contributed by atoms with Gasteiger partial charge in [0.2, 0.25) is 5.95 Å². The van der Waals surface area contributed by atoms with E-state index in [-0.39, 0.29) is 0 Å². The molecular weight excluding hydrogens is 350 g/mol. The van der Waals surface area contributed by atoms with Crippen LogP contribution in [0.5, 0.6) is 5.75 Å². The van der Waals surface area contributed by atoms with Gasteiger partial charge in [-0.25, -0.2) is 4.98 Å². The standard InChI is InChI=1S/C22H25N5O/c1-17-4-3-5-18(16-17)24-21-10-11-23-22(25-21)27-14-12-26(13-15-27)19-6-8-20(28-2)9-7-19/h3-11,16H,12-15H2,1-2H3,(H,23,24,25). The number of aryl methyl sites for hydroxylation is 1. The van der Waals surface area contributed by atoms with Crippen molar-refractivity contribution in [2.24, 2.45) is 0 Å². The van der Waals surface area contributed by atoms with Crippen LogP contribution in [0.1, 0.15) is 5.56 Å². The Morgan fingerprint density at radius 1 is 0.929 bits per heavy atom. The summed E-state index contributed by atoms with van der Waals surface area (Å²) >= 11 is 0. The highest BCUT2D eigenvalue weighted by Gasteiger charge is 2.19. The maximum absolute atomic E-state index is 5.24. The molecule has 6 heteroatoms. The van der Waals surface area contributed by atoms with Gasteiger partial charge in [0.05, 0.1) is 7.11 Å². The Morgan fingerprint density at radius 3 is 2.39 bits per heavy atom. The van der Waals surface area contributed by atoms with Gasteiger partial charge in [-0.05, 0) is 55.0 Å². The van der Waals surface area contributed by atoms with Crippen molar-refractivity contribution in [1.29, 1.82) is 0 Å². The maximum atomic E-state index is 5.24. The molecule has 0 bridgehead atoms. The fourth-order valence-electron chi connectivity index (χ4n) is 3.40. The van der Waals surface area contributed by atoms with E-state index in [0.717, 1.165) is 49.4 Å². The first-order valence-corrected chi connectivity index (χ1v) is 9.52. The third-order valence-corrected chi connectivity index (χ3v) is 4.93. The molecule has 0 spiro atoms. The summed E-state index contributed by atoms with van der Waals surface area (Å²) in [5, 5.41) is 3.37. The fourth-order valence-corrected chi connectivity index (χ4v) is 3.40. The largest absolute Gasteiger partial charge is 0.497 e. The second-order valence-electron chi connectivity index (χ2n) is 6.91. The molecule has 4 rings (SSSR count). The molecule has 0 amide bonds. The van der Waals surface area contributed by atoms with Gasteiger partial charge < -0.3 is 19.9 Å². The molecule has 1 aliphatic rings. The summed E-state index contributed by atoms with van der Waals surface area (Å²) in [7, 11) is 1.69. The molecule has 1 aromatic heterocycles. The molecule has 2 heterocycles. The number of piperazine rings is 1. The maximum Gasteiger partial charge on any atom is 0.227 e. The van der Waals surface area contributed by atoms with E-state index in [1.165, 1.54) is 11.3 Å². The van der Waals surface area contributed by atoms with Gasteiger partial charge in [-0.1, -0.05) is 12.1 Å². The van der Waals surface area contributed by atoms with Gasteiger partial charge in [0, 0.05) is 43.8 Å². The number of nitrogens with zero attached hydrogens (tertiary/aromatic N) is 4. The Bertz CT molecular complexity index is 920. The van der Waals surface area contributed by atoms with Gasteiger partial charge in [0.1, 0.15) is 11.6 Å². The van der Waals surface area contributed by atoms with Crippen LogP contribution in [0, 0.1) is 6.92 Å². The number of anilines is 4. The van der Waals surface area contributed by atoms with Crippen LogP contribution in [0.4, 0.5) is 23.1 Å². The van der Waals surface area contributed by atoms with Gasteiger partial charge in [0.15, 0.2) is 0 Å². The van der Waals surface area contributed by atoms with E-state index < -0.39 is 0 Å². The van der Waals surface area contributed by atoms with Crippen molar-refractivity contribution >= 4 is 23.1 Å². The molecule has 1 N–H and O–H groups in total. The number of hydrogen-bond donors (Lipinski definition) is 1. The van der Waals surface area contributed by atoms with Gasteiger partial charge in [-0.3, -0.25) is 0 Å². The molecule has 3 aromatic rings. The molecule has 6 nitrogen and oxygen atoms in total. The molecule has 144 valence electrons. The Morgan fingerprint density at radius 2 is 1.68 bits per heavy atom. The summed E-state index contributed by atoms with van der Waals surface area (Å²) in [6, 6.07) is 18.4. The van der Waals surface area contributed by atoms with Crippen LogP contribution in [0.25, 0.3) is 0 Å². The Hall–Kier alpha value is -3.28. The van der Waals surface area contributed by atoms with E-state index in [9.17, 15) is 0 Å². The third-order valence-electron chi connectivity index (χ3n) is 4.93. The number of rotatable bonds is 5. The van der Waals surface area contributed by atoms with E-state index in [2.05, 4.69) is 51.3 Å². The minimum atomic E-state index is 0.770. The normalized spacial score (nSPS) is 14.1. The summed E-state index contributed by atoms with van der Waals surface area (Å²) in [6.07, 6.45) is 1.82. The number of hydrogen-bond acceptors (Lipinski definition) is 6. The van der Waals surface area contributed by atoms with E-state index in [0.29, 0.717) is 0 Å². The van der Waals surface area contributed by atoms with Crippen LogP contribution < -0.4 is 19.9 Å². The van der Waals surface area contributed by atoms with Crippen molar-refractivity contribution in [2.45, 2.75) is 6.92 Å². The second-order valence-corrected chi connectivity index (χ2v) is 6.91. The molecule has 0 aliphatic carbocycles. The summed E-state index contributed by atoms with van der Waals surface area (Å²) < 4.78 is 5.24. The van der Waals surface area contributed by atoms with E-state index in [4.69, 9.17) is 9.72 Å².